The number of methoxy groups -OCH3 is 2. The first-order valence-electron chi connectivity index (χ1n) is 18.9. The van der Waals surface area contributed by atoms with Gasteiger partial charge in [0.05, 0.1) is 27.8 Å². The standard InChI is InChI=1S/C24H38N2O4/c1-14(2)9-17-13-26-8-7-16-10-21(28-5)22(29-6)11-18(16)19(26)12-20(17)30-24(27)23(25)15(3)4/h10-11,14-15,17,19-20,23H,7-9,12-13,25H2,1-6H3/t17?,19?,20?,23-/m0/s1/i5D3,6D3,7D2,8D2,10D,11D,12D2,13D2,17D,19D,20D. The molecule has 0 amide bonds. The molecule has 6 heteroatoms. The van der Waals surface area contributed by atoms with Gasteiger partial charge in [0.15, 0.2) is 11.5 Å². The van der Waals surface area contributed by atoms with E-state index in [1.165, 1.54) is 27.7 Å². The minimum absolute atomic E-state index is 0.353. The quantitative estimate of drug-likeness (QED) is 0.658. The number of piperidine rings is 1. The van der Waals surface area contributed by atoms with Gasteiger partial charge in [-0.25, -0.2) is 0 Å². The molecule has 1 aromatic carbocycles. The van der Waals surface area contributed by atoms with Crippen molar-refractivity contribution in [3.63, 3.8) is 0 Å². The Morgan fingerprint density at radius 3 is 2.67 bits per heavy atom. The van der Waals surface area contributed by atoms with E-state index in [0.29, 0.717) is 0 Å². The van der Waals surface area contributed by atoms with Gasteiger partial charge in [0.1, 0.15) is 12.1 Å². The molecule has 0 saturated carbocycles. The van der Waals surface area contributed by atoms with Crippen LogP contribution < -0.4 is 15.2 Å². The maximum absolute atomic E-state index is 13.3. The van der Waals surface area contributed by atoms with Crippen molar-refractivity contribution in [2.24, 2.45) is 23.5 Å². The molecule has 2 heterocycles. The number of esters is 1. The van der Waals surface area contributed by atoms with Gasteiger partial charge in [-0.2, -0.15) is 0 Å². The Labute approximate surface area is 207 Å². The van der Waals surface area contributed by atoms with Gasteiger partial charge in [-0.15, -0.1) is 0 Å². The number of ether oxygens (including phenoxy) is 3. The molecule has 3 rings (SSSR count). The summed E-state index contributed by atoms with van der Waals surface area (Å²) in [4.78, 5) is 13.0. The van der Waals surface area contributed by atoms with Crippen molar-refractivity contribution in [2.45, 2.75) is 65.0 Å². The normalized spacial score (nSPS) is 49.1. The fourth-order valence-corrected chi connectivity index (χ4v) is 2.81. The number of nitrogens with zero attached hydrogens (tertiary/aromatic N) is 1. The highest BCUT2D eigenvalue weighted by Crippen LogP contribution is 2.44. The molecule has 2 aliphatic heterocycles. The predicted octanol–water partition coefficient (Wildman–Crippen LogP) is 3.56. The third-order valence-corrected chi connectivity index (χ3v) is 4.45. The smallest absolute Gasteiger partial charge is 0.323 e. The van der Waals surface area contributed by atoms with E-state index in [-0.39, 0.29) is 4.90 Å². The minimum atomic E-state index is -4.08. The zero-order valence-electron chi connectivity index (χ0n) is 36.1. The Hall–Kier alpha value is -1.79. The van der Waals surface area contributed by atoms with Gasteiger partial charge in [0.25, 0.3) is 0 Å². The van der Waals surface area contributed by atoms with E-state index >= 15 is 0 Å². The lowest BCUT2D eigenvalue weighted by atomic mass is 9.79. The Morgan fingerprint density at radius 1 is 1.33 bits per heavy atom. The predicted molar refractivity (Wildman–Crippen MR) is 118 cm³/mol. The maximum Gasteiger partial charge on any atom is 0.323 e. The molecule has 168 valence electrons. The van der Waals surface area contributed by atoms with Crippen molar-refractivity contribution in [1.29, 1.82) is 0 Å². The molecule has 1 fully saturated rings. The highest BCUT2D eigenvalue weighted by Gasteiger charge is 2.41. The Balaban J connectivity index is 2.72. The van der Waals surface area contributed by atoms with E-state index < -0.39 is 123 Å². The van der Waals surface area contributed by atoms with Gasteiger partial charge in [0, 0.05) is 43.6 Å². The summed E-state index contributed by atoms with van der Waals surface area (Å²) in [6.45, 7) is -2.09. The minimum Gasteiger partial charge on any atom is -0.493 e. The van der Waals surface area contributed by atoms with Gasteiger partial charge >= 0.3 is 5.97 Å². The first-order chi connectivity index (χ1) is 21.5. The molecule has 3 unspecified atom stereocenters. The second kappa shape index (κ2) is 9.56. The third kappa shape index (κ3) is 4.75. The first-order valence-corrected chi connectivity index (χ1v) is 9.38. The highest BCUT2D eigenvalue weighted by molar-refractivity contribution is 5.76. The molecule has 0 radical (unpaired) electrons. The van der Waals surface area contributed by atoms with Gasteiger partial charge in [0.2, 0.25) is 0 Å². The summed E-state index contributed by atoms with van der Waals surface area (Å²) in [6.07, 6.45) is -12.6. The molecule has 4 atom stereocenters. The highest BCUT2D eigenvalue weighted by atomic mass is 16.5. The molecule has 1 saturated heterocycles. The summed E-state index contributed by atoms with van der Waals surface area (Å²) in [5.41, 5.74) is 2.98. The molecule has 0 spiro atoms. The zero-order valence-corrected chi connectivity index (χ0v) is 17.1. The molecule has 0 bridgehead atoms. The summed E-state index contributed by atoms with van der Waals surface area (Å²) < 4.78 is 179. The van der Waals surface area contributed by atoms with E-state index in [0.717, 1.165) is 0 Å². The number of hydrogen-bond donors (Lipinski definition) is 1. The van der Waals surface area contributed by atoms with Crippen LogP contribution in [-0.4, -0.2) is 50.1 Å². The summed E-state index contributed by atoms with van der Waals surface area (Å²) >= 11 is 0. The van der Waals surface area contributed by atoms with Crippen LogP contribution in [0.1, 0.15) is 83.7 Å². The number of rotatable bonds is 7. The molecule has 2 aliphatic rings. The molecule has 30 heavy (non-hydrogen) atoms. The summed E-state index contributed by atoms with van der Waals surface area (Å²) in [7, 11) is -7.08. The SMILES string of the molecule is [2H]c1c(OC([2H])([2H])[2H])c(OC([2H])([2H])[2H])c([2H])c2c1C([2H])([2H])C([2H])([2H])N1C([2H])([2H])C([2H])(CC(C)C)C([2H])(OC(=O)[C@@H](N)C(C)C)C([2H])([2H])C21[2H]. The number of fused-ring (bicyclic) bond motifs is 3. The number of carbonyl (C=O) groups excluding carboxylic acids is 1. The molecule has 0 aromatic heterocycles. The van der Waals surface area contributed by atoms with E-state index in [2.05, 4.69) is 0 Å². The van der Waals surface area contributed by atoms with Gasteiger partial charge in [-0.3, -0.25) is 9.69 Å². The molecular weight excluding hydrogens is 380 g/mol. The number of nitrogens with two attached hydrogens (primary N) is 1. The Kier molecular flexibility index (Phi) is 2.75. The van der Waals surface area contributed by atoms with E-state index in [4.69, 9.17) is 36.4 Å². The van der Waals surface area contributed by atoms with Crippen molar-refractivity contribution in [1.82, 2.24) is 4.90 Å². The molecule has 0 aliphatic carbocycles. The number of benzene rings is 1. The van der Waals surface area contributed by atoms with Crippen LogP contribution in [0.4, 0.5) is 0 Å². The van der Waals surface area contributed by atoms with Crippen LogP contribution in [0.5, 0.6) is 11.5 Å². The van der Waals surface area contributed by atoms with Gasteiger partial charge < -0.3 is 19.9 Å². The van der Waals surface area contributed by atoms with E-state index in [1.807, 2.05) is 0 Å². The molecule has 2 N–H and O–H groups in total. The monoisotopic (exact) mass is 437 g/mol. The lowest BCUT2D eigenvalue weighted by molar-refractivity contribution is -0.160. The van der Waals surface area contributed by atoms with Gasteiger partial charge in [-0.1, -0.05) is 27.7 Å². The van der Waals surface area contributed by atoms with Crippen molar-refractivity contribution in [3.05, 3.63) is 23.2 Å². The lowest BCUT2D eigenvalue weighted by Crippen LogP contribution is -2.51. The van der Waals surface area contributed by atoms with Crippen LogP contribution in [0, 0.1) is 17.7 Å². The third-order valence-electron chi connectivity index (χ3n) is 4.45. The summed E-state index contributed by atoms with van der Waals surface area (Å²) in [6, 6.07) is -8.62. The number of carbonyl (C=O) groups is 1. The maximum atomic E-state index is 13.3. The van der Waals surface area contributed by atoms with Crippen LogP contribution in [0.25, 0.3) is 0 Å². The first kappa shape index (κ1) is 8.62. The summed E-state index contributed by atoms with van der Waals surface area (Å²) in [5, 5.41) is 0. The van der Waals surface area contributed by atoms with Crippen LogP contribution in [0.2, 0.25) is 0 Å². The molecule has 1 aromatic rings. The van der Waals surface area contributed by atoms with Crippen molar-refractivity contribution in [3.8, 4) is 11.5 Å². The van der Waals surface area contributed by atoms with Gasteiger partial charge in [-0.05, 0) is 47.8 Å². The fourth-order valence-electron chi connectivity index (χ4n) is 2.81. The second-order valence-electron chi connectivity index (χ2n) is 7.62. The number of hydrogen-bond acceptors (Lipinski definition) is 6. The van der Waals surface area contributed by atoms with E-state index in [9.17, 15) is 14.4 Å². The molecular formula is C24H38N2O4. The molecule has 6 nitrogen and oxygen atoms in total. The Morgan fingerprint density at radius 2 is 2.03 bits per heavy atom. The summed E-state index contributed by atoms with van der Waals surface area (Å²) in [5.74, 6) is -9.32. The van der Waals surface area contributed by atoms with Crippen LogP contribution in [0.15, 0.2) is 12.1 Å². The topological polar surface area (TPSA) is 74.0 Å². The lowest BCUT2D eigenvalue weighted by Gasteiger charge is -2.47. The van der Waals surface area contributed by atoms with Crippen LogP contribution >= 0.6 is 0 Å². The fraction of sp³-hybridized carbons (Fsp3) is 0.708. The zero-order chi connectivity index (χ0) is 38.7. The van der Waals surface area contributed by atoms with Crippen molar-refractivity contribution < 1.29 is 45.0 Å². The largest absolute Gasteiger partial charge is 0.493 e. The Bertz CT molecular complexity index is 1500. The average molecular weight is 438 g/mol. The van der Waals surface area contributed by atoms with Crippen molar-refractivity contribution in [2.75, 3.05) is 27.1 Å². The van der Waals surface area contributed by atoms with E-state index in [1.54, 1.807) is 0 Å². The van der Waals surface area contributed by atoms with Crippen LogP contribution in [-0.2, 0) is 15.9 Å². The van der Waals surface area contributed by atoms with Crippen LogP contribution in [0.3, 0.4) is 0 Å². The van der Waals surface area contributed by atoms with Crippen molar-refractivity contribution >= 4 is 5.97 Å². The second-order valence-corrected chi connectivity index (χ2v) is 7.62. The average Bonchev–Trinajstić information content (AvgIpc) is 2.87.